The maximum atomic E-state index is 11.3. The van der Waals surface area contributed by atoms with Gasteiger partial charge in [-0.25, -0.2) is 0 Å². The molecule has 0 aliphatic rings. The third-order valence-electron chi connectivity index (χ3n) is 3.09. The van der Waals surface area contributed by atoms with Gasteiger partial charge in [0, 0.05) is 12.1 Å². The molecule has 2 aromatic carbocycles. The third-order valence-corrected chi connectivity index (χ3v) is 3.65. The number of nitrogens with one attached hydrogen (secondary N) is 1. The van der Waals surface area contributed by atoms with Crippen molar-refractivity contribution >= 4 is 40.8 Å². The lowest BCUT2D eigenvalue weighted by molar-refractivity contribution is -0.136. The number of halogens is 2. The summed E-state index contributed by atoms with van der Waals surface area (Å²) in [6, 6.07) is 9.75. The highest BCUT2D eigenvalue weighted by atomic mass is 35.5. The van der Waals surface area contributed by atoms with Crippen molar-refractivity contribution in [3.8, 4) is 11.5 Å². The molecule has 2 N–H and O–H groups in total. The Morgan fingerprint density at radius 3 is 2.21 bits per heavy atom. The number of ether oxygens (including phenoxy) is 1. The van der Waals surface area contributed by atoms with Crippen molar-refractivity contribution in [2.24, 2.45) is 0 Å². The van der Waals surface area contributed by atoms with Gasteiger partial charge in [0.2, 0.25) is 5.91 Å². The first-order chi connectivity index (χ1) is 11.4. The minimum absolute atomic E-state index is 0.0798. The highest BCUT2D eigenvalue weighted by Crippen LogP contribution is 2.37. The highest BCUT2D eigenvalue weighted by molar-refractivity contribution is 6.37. The van der Waals surface area contributed by atoms with Crippen LogP contribution in [-0.4, -0.2) is 17.0 Å². The second-order valence-corrected chi connectivity index (χ2v) is 5.80. The van der Waals surface area contributed by atoms with Gasteiger partial charge in [0.15, 0.2) is 5.75 Å². The van der Waals surface area contributed by atoms with Crippen LogP contribution in [0.3, 0.4) is 0 Å². The first kappa shape index (κ1) is 18.1. The molecule has 0 aromatic heterocycles. The number of amides is 1. The molecule has 0 aliphatic heterocycles. The summed E-state index contributed by atoms with van der Waals surface area (Å²) in [6.45, 7) is 1.77. The minimum Gasteiger partial charge on any atom is -0.481 e. The maximum Gasteiger partial charge on any atom is 0.307 e. The van der Waals surface area contributed by atoms with Crippen LogP contribution in [0.4, 0.5) is 5.69 Å². The predicted octanol–water partition coefficient (Wildman–Crippen LogP) is 4.76. The fourth-order valence-electron chi connectivity index (χ4n) is 1.96. The summed E-state index contributed by atoms with van der Waals surface area (Å²) in [6.07, 6.45) is 0.220. The second-order valence-electron chi connectivity index (χ2n) is 4.99. The van der Waals surface area contributed by atoms with Crippen LogP contribution in [0.5, 0.6) is 11.5 Å². The number of benzene rings is 2. The summed E-state index contributed by atoms with van der Waals surface area (Å²) in [7, 11) is 0. The van der Waals surface area contributed by atoms with E-state index in [1.165, 1.54) is 12.1 Å². The van der Waals surface area contributed by atoms with Gasteiger partial charge < -0.3 is 15.2 Å². The van der Waals surface area contributed by atoms with Crippen LogP contribution in [0.25, 0.3) is 0 Å². The van der Waals surface area contributed by atoms with Crippen LogP contribution in [0, 0.1) is 0 Å². The van der Waals surface area contributed by atoms with Gasteiger partial charge in [-0.3, -0.25) is 9.59 Å². The second kappa shape index (κ2) is 8.04. The normalized spacial score (nSPS) is 10.3. The molecule has 24 heavy (non-hydrogen) atoms. The quantitative estimate of drug-likeness (QED) is 0.771. The van der Waals surface area contributed by atoms with Crippen LogP contribution in [-0.2, 0) is 16.0 Å². The molecule has 0 spiro atoms. The Kier molecular flexibility index (Phi) is 6.06. The van der Waals surface area contributed by atoms with E-state index in [4.69, 9.17) is 33.0 Å². The Morgan fingerprint density at radius 2 is 1.71 bits per heavy atom. The molecule has 5 nitrogen and oxygen atoms in total. The van der Waals surface area contributed by atoms with Gasteiger partial charge in [0.1, 0.15) is 5.75 Å². The largest absolute Gasteiger partial charge is 0.481 e. The van der Waals surface area contributed by atoms with E-state index in [-0.39, 0.29) is 28.1 Å². The van der Waals surface area contributed by atoms with E-state index in [1.807, 2.05) is 0 Å². The van der Waals surface area contributed by atoms with Crippen LogP contribution < -0.4 is 10.1 Å². The number of aliphatic carboxylic acids is 1. The number of carbonyl (C=O) groups excluding carboxylic acids is 1. The van der Waals surface area contributed by atoms with Crippen molar-refractivity contribution in [1.29, 1.82) is 0 Å². The average Bonchev–Trinajstić information content (AvgIpc) is 2.51. The molecule has 0 bridgehead atoms. The first-order valence-corrected chi connectivity index (χ1v) is 7.92. The van der Waals surface area contributed by atoms with E-state index < -0.39 is 5.97 Å². The highest BCUT2D eigenvalue weighted by Gasteiger charge is 2.13. The van der Waals surface area contributed by atoms with Crippen molar-refractivity contribution < 1.29 is 19.4 Å². The summed E-state index contributed by atoms with van der Waals surface area (Å²) < 4.78 is 5.66. The Hall–Kier alpha value is -2.24. The molecule has 7 heteroatoms. The lowest BCUT2D eigenvalue weighted by Gasteiger charge is -2.12. The number of carboxylic acid groups (broad SMARTS) is 1. The number of carbonyl (C=O) groups is 2. The summed E-state index contributed by atoms with van der Waals surface area (Å²) in [5.41, 5.74) is 1.14. The van der Waals surface area contributed by atoms with Gasteiger partial charge in [-0.1, -0.05) is 30.1 Å². The van der Waals surface area contributed by atoms with E-state index in [2.05, 4.69) is 5.32 Å². The van der Waals surface area contributed by atoms with Crippen molar-refractivity contribution in [3.63, 3.8) is 0 Å². The van der Waals surface area contributed by atoms with Gasteiger partial charge in [0.25, 0.3) is 0 Å². The van der Waals surface area contributed by atoms with E-state index in [1.54, 1.807) is 31.2 Å². The van der Waals surface area contributed by atoms with Crippen molar-refractivity contribution in [2.45, 2.75) is 19.8 Å². The van der Waals surface area contributed by atoms with E-state index in [0.717, 1.165) is 0 Å². The van der Waals surface area contributed by atoms with Crippen LogP contribution >= 0.6 is 23.2 Å². The van der Waals surface area contributed by atoms with Crippen molar-refractivity contribution in [1.82, 2.24) is 0 Å². The minimum atomic E-state index is -0.972. The molecule has 1 amide bonds. The van der Waals surface area contributed by atoms with Crippen LogP contribution in [0.15, 0.2) is 36.4 Å². The summed E-state index contributed by atoms with van der Waals surface area (Å²) in [4.78, 5) is 22.1. The smallest absolute Gasteiger partial charge is 0.307 e. The molecule has 2 aromatic rings. The topological polar surface area (TPSA) is 75.6 Å². The molecule has 0 fully saturated rings. The van der Waals surface area contributed by atoms with Crippen LogP contribution in [0.2, 0.25) is 10.0 Å². The fourth-order valence-corrected chi connectivity index (χ4v) is 2.57. The Balaban J connectivity index is 2.16. The van der Waals surface area contributed by atoms with Gasteiger partial charge in [-0.15, -0.1) is 0 Å². The molecule has 0 unspecified atom stereocenters. The summed E-state index contributed by atoms with van der Waals surface area (Å²) in [5, 5.41) is 12.0. The molecule has 0 heterocycles. The molecular weight excluding hydrogens is 353 g/mol. The molecule has 0 saturated carbocycles. The number of anilines is 1. The number of hydrogen-bond donors (Lipinski definition) is 2. The van der Waals surface area contributed by atoms with Crippen molar-refractivity contribution in [2.75, 3.05) is 5.32 Å². The van der Waals surface area contributed by atoms with E-state index >= 15 is 0 Å². The lowest BCUT2D eigenvalue weighted by Crippen LogP contribution is -2.08. The zero-order valence-corrected chi connectivity index (χ0v) is 14.3. The molecule has 0 saturated heterocycles. The van der Waals surface area contributed by atoms with Crippen LogP contribution in [0.1, 0.15) is 18.9 Å². The third kappa shape index (κ3) is 4.88. The lowest BCUT2D eigenvalue weighted by atomic mass is 10.1. The van der Waals surface area contributed by atoms with E-state index in [9.17, 15) is 9.59 Å². The number of carboxylic acids is 1. The Labute approximate surface area is 149 Å². The molecular formula is C17H15Cl2NO4. The number of hydrogen-bond acceptors (Lipinski definition) is 3. The molecule has 0 atom stereocenters. The Bertz CT molecular complexity index is 737. The zero-order chi connectivity index (χ0) is 17.7. The Morgan fingerprint density at radius 1 is 1.12 bits per heavy atom. The van der Waals surface area contributed by atoms with Gasteiger partial charge in [0.05, 0.1) is 16.5 Å². The predicted molar refractivity (Wildman–Crippen MR) is 93.2 cm³/mol. The molecule has 0 aliphatic carbocycles. The molecule has 126 valence electrons. The monoisotopic (exact) mass is 367 g/mol. The standard InChI is InChI=1S/C17H15Cl2NO4/c1-2-15(21)20-11-3-5-12(6-4-11)24-17-13(18)7-10(8-14(17)19)9-16(22)23/h3-8H,2,9H2,1H3,(H,20,21)(H,22,23). The van der Waals surface area contributed by atoms with E-state index in [0.29, 0.717) is 23.4 Å². The van der Waals surface area contributed by atoms with Gasteiger partial charge in [-0.05, 0) is 42.0 Å². The summed E-state index contributed by atoms with van der Waals surface area (Å²) in [5.74, 6) is -0.318. The zero-order valence-electron chi connectivity index (χ0n) is 12.8. The molecule has 2 rings (SSSR count). The molecule has 0 radical (unpaired) electrons. The van der Waals surface area contributed by atoms with Gasteiger partial charge in [-0.2, -0.15) is 0 Å². The fraction of sp³-hybridized carbons (Fsp3) is 0.176. The van der Waals surface area contributed by atoms with Crippen molar-refractivity contribution in [3.05, 3.63) is 52.0 Å². The summed E-state index contributed by atoms with van der Waals surface area (Å²) >= 11 is 12.3. The SMILES string of the molecule is CCC(=O)Nc1ccc(Oc2c(Cl)cc(CC(=O)O)cc2Cl)cc1. The van der Waals surface area contributed by atoms with Gasteiger partial charge >= 0.3 is 5.97 Å². The number of rotatable bonds is 6. The first-order valence-electron chi connectivity index (χ1n) is 7.16. The maximum absolute atomic E-state index is 11.3. The average molecular weight is 368 g/mol.